The van der Waals surface area contributed by atoms with Crippen molar-refractivity contribution in [3.05, 3.63) is 0 Å². The molecule has 7 nitrogen and oxygen atoms in total. The van der Waals surface area contributed by atoms with Crippen LogP contribution in [0, 0.1) is 0 Å². The van der Waals surface area contributed by atoms with Gasteiger partial charge in [-0.2, -0.15) is 0 Å². The van der Waals surface area contributed by atoms with Gasteiger partial charge in [-0.15, -0.1) is 0 Å². The maximum Gasteiger partial charge on any atom is 0.409 e. The number of esters is 1. The monoisotopic (exact) mass is 683 g/mol. The van der Waals surface area contributed by atoms with E-state index in [4.69, 9.17) is 9.47 Å². The second-order valence-corrected chi connectivity index (χ2v) is 14.1. The molecule has 0 aliphatic carbocycles. The lowest BCUT2D eigenvalue weighted by Gasteiger charge is -2.23. The summed E-state index contributed by atoms with van der Waals surface area (Å²) in [5.41, 5.74) is 0. The average Bonchev–Trinajstić information content (AvgIpc) is 3.09. The molecule has 0 aromatic heterocycles. The second-order valence-electron chi connectivity index (χ2n) is 14.1. The number of carbonyl (C=O) groups is 2. The maximum atomic E-state index is 12.8. The molecule has 0 atom stereocenters. The maximum absolute atomic E-state index is 12.8. The Balaban J connectivity index is 4.09. The predicted octanol–water partition coefficient (Wildman–Crippen LogP) is 11.2. The summed E-state index contributed by atoms with van der Waals surface area (Å²) in [4.78, 5) is 29.3. The summed E-state index contributed by atoms with van der Waals surface area (Å²) in [6, 6.07) is 0. The summed E-state index contributed by atoms with van der Waals surface area (Å²) in [7, 11) is 0. The molecule has 1 amide bonds. The van der Waals surface area contributed by atoms with Crippen LogP contribution in [-0.2, 0) is 14.3 Å². The molecule has 7 heteroatoms. The predicted molar refractivity (Wildman–Crippen MR) is 204 cm³/mol. The van der Waals surface area contributed by atoms with Gasteiger partial charge in [-0.3, -0.25) is 4.79 Å². The molecule has 0 rings (SSSR count). The Morgan fingerprint density at radius 1 is 0.438 bits per heavy atom. The lowest BCUT2D eigenvalue weighted by Crippen LogP contribution is -2.33. The molecule has 286 valence electrons. The van der Waals surface area contributed by atoms with Crippen molar-refractivity contribution in [1.82, 2.24) is 9.80 Å². The van der Waals surface area contributed by atoms with Crippen LogP contribution in [0.4, 0.5) is 4.79 Å². The molecular formula is C41H82N2O5. The van der Waals surface area contributed by atoms with E-state index in [0.29, 0.717) is 19.6 Å². The van der Waals surface area contributed by atoms with Crippen molar-refractivity contribution in [3.63, 3.8) is 0 Å². The van der Waals surface area contributed by atoms with Gasteiger partial charge in [0.2, 0.25) is 0 Å². The van der Waals surface area contributed by atoms with E-state index in [2.05, 4.69) is 25.7 Å². The number of aliphatic hydroxyl groups is 1. The first-order valence-electron chi connectivity index (χ1n) is 21.0. The number of unbranched alkanes of at least 4 members (excludes halogenated alkanes) is 21. The minimum atomic E-state index is -0.114. The van der Waals surface area contributed by atoms with Crippen LogP contribution in [-0.4, -0.2) is 79.5 Å². The topological polar surface area (TPSA) is 79.3 Å². The fraction of sp³-hybridized carbons (Fsp3) is 0.951. The second kappa shape index (κ2) is 38.5. The van der Waals surface area contributed by atoms with Gasteiger partial charge in [0.15, 0.2) is 0 Å². The molecular weight excluding hydrogens is 600 g/mol. The Kier molecular flexibility index (Phi) is 37.4. The largest absolute Gasteiger partial charge is 0.466 e. The molecule has 0 unspecified atom stereocenters. The third kappa shape index (κ3) is 33.2. The van der Waals surface area contributed by atoms with E-state index in [9.17, 15) is 14.7 Å². The molecule has 0 fully saturated rings. The highest BCUT2D eigenvalue weighted by molar-refractivity contribution is 5.69. The van der Waals surface area contributed by atoms with Gasteiger partial charge < -0.3 is 24.4 Å². The molecule has 0 radical (unpaired) electrons. The number of hydrogen-bond acceptors (Lipinski definition) is 6. The lowest BCUT2D eigenvalue weighted by molar-refractivity contribution is -0.143. The number of amides is 1. The van der Waals surface area contributed by atoms with Gasteiger partial charge in [-0.05, 0) is 77.4 Å². The Bertz CT molecular complexity index is 677. The first kappa shape index (κ1) is 46.7. The fourth-order valence-electron chi connectivity index (χ4n) is 6.21. The van der Waals surface area contributed by atoms with E-state index >= 15 is 0 Å². The average molecular weight is 683 g/mol. The molecule has 0 aliphatic rings. The zero-order chi connectivity index (χ0) is 35.2. The van der Waals surface area contributed by atoms with Gasteiger partial charge in [-0.1, -0.05) is 136 Å². The first-order chi connectivity index (χ1) is 23.6. The molecule has 1 N–H and O–H groups in total. The van der Waals surface area contributed by atoms with Gasteiger partial charge >= 0.3 is 12.1 Å². The highest BCUT2D eigenvalue weighted by Crippen LogP contribution is 2.12. The minimum Gasteiger partial charge on any atom is -0.466 e. The van der Waals surface area contributed by atoms with E-state index in [-0.39, 0.29) is 18.7 Å². The summed E-state index contributed by atoms with van der Waals surface area (Å²) in [6.45, 7) is 12.9. The Hall–Kier alpha value is -1.34. The third-order valence-electron chi connectivity index (χ3n) is 9.41. The molecule has 0 aromatic rings. The number of hydrogen-bond donors (Lipinski definition) is 1. The quantitative estimate of drug-likeness (QED) is 0.0516. The highest BCUT2D eigenvalue weighted by Gasteiger charge is 2.14. The minimum absolute atomic E-state index is 0.0277. The Morgan fingerprint density at radius 3 is 1.31 bits per heavy atom. The van der Waals surface area contributed by atoms with Crippen LogP contribution in [0.5, 0.6) is 0 Å². The van der Waals surface area contributed by atoms with Crippen molar-refractivity contribution in [2.75, 3.05) is 52.5 Å². The summed E-state index contributed by atoms with van der Waals surface area (Å²) in [5, 5.41) is 9.24. The van der Waals surface area contributed by atoms with Crippen molar-refractivity contribution in [3.8, 4) is 0 Å². The van der Waals surface area contributed by atoms with E-state index in [0.717, 1.165) is 123 Å². The number of ether oxygens (including phenoxy) is 2. The molecule has 48 heavy (non-hydrogen) atoms. The zero-order valence-corrected chi connectivity index (χ0v) is 32.4. The van der Waals surface area contributed by atoms with Crippen LogP contribution in [0.25, 0.3) is 0 Å². The van der Waals surface area contributed by atoms with Gasteiger partial charge in [0.05, 0.1) is 13.2 Å². The van der Waals surface area contributed by atoms with Crippen LogP contribution >= 0.6 is 0 Å². The molecule has 0 aliphatic heterocycles. The fourth-order valence-corrected chi connectivity index (χ4v) is 6.21. The molecule has 0 bridgehead atoms. The van der Waals surface area contributed by atoms with Gasteiger partial charge in [0.1, 0.15) is 0 Å². The van der Waals surface area contributed by atoms with Gasteiger partial charge in [-0.25, -0.2) is 4.79 Å². The molecule has 0 saturated heterocycles. The summed E-state index contributed by atoms with van der Waals surface area (Å²) < 4.78 is 11.2. The smallest absolute Gasteiger partial charge is 0.409 e. The number of aliphatic hydroxyl groups excluding tert-OH is 1. The molecule has 0 aromatic carbocycles. The Labute approximate surface area is 298 Å². The van der Waals surface area contributed by atoms with Crippen molar-refractivity contribution in [2.24, 2.45) is 0 Å². The number of carbonyl (C=O) groups excluding carboxylic acids is 2. The van der Waals surface area contributed by atoms with Crippen LogP contribution in [0.2, 0.25) is 0 Å². The van der Waals surface area contributed by atoms with E-state index in [1.807, 2.05) is 4.90 Å². The molecule has 0 saturated carbocycles. The third-order valence-corrected chi connectivity index (χ3v) is 9.41. The number of rotatable bonds is 38. The Morgan fingerprint density at radius 2 is 0.812 bits per heavy atom. The van der Waals surface area contributed by atoms with Crippen LogP contribution < -0.4 is 0 Å². The highest BCUT2D eigenvalue weighted by atomic mass is 16.6. The van der Waals surface area contributed by atoms with Crippen molar-refractivity contribution in [1.29, 1.82) is 0 Å². The summed E-state index contributed by atoms with van der Waals surface area (Å²) >= 11 is 0. The summed E-state index contributed by atoms with van der Waals surface area (Å²) in [5.74, 6) is -0.0277. The normalized spacial score (nSPS) is 11.4. The number of nitrogens with zero attached hydrogens (tertiary/aromatic N) is 2. The van der Waals surface area contributed by atoms with E-state index < -0.39 is 0 Å². The summed E-state index contributed by atoms with van der Waals surface area (Å²) in [6.07, 6.45) is 31.7. The SMILES string of the molecule is CCCCCCCCCC(=O)OCCCCCCN(CCCCO)CCCCCCOC(=O)N(CCCCCC)CCCCCCCC. The standard InChI is InChI=1S/C41H82N2O5/c1-4-7-10-13-15-16-22-31-40(45)47-38-29-20-18-23-32-42(34-27-28-37-44)33-24-19-21-30-39-48-41(46)43(35-25-12-9-6-3)36-26-17-14-11-8-5-2/h44H,4-39H2,1-3H3. The molecule has 0 spiro atoms. The van der Waals surface area contributed by atoms with Crippen molar-refractivity contribution >= 4 is 12.1 Å². The van der Waals surface area contributed by atoms with Crippen LogP contribution in [0.3, 0.4) is 0 Å². The zero-order valence-electron chi connectivity index (χ0n) is 32.4. The lowest BCUT2D eigenvalue weighted by atomic mass is 10.1. The van der Waals surface area contributed by atoms with Crippen LogP contribution in [0.1, 0.15) is 201 Å². The van der Waals surface area contributed by atoms with Gasteiger partial charge in [0.25, 0.3) is 0 Å². The van der Waals surface area contributed by atoms with Crippen molar-refractivity contribution in [2.45, 2.75) is 201 Å². The van der Waals surface area contributed by atoms with Crippen LogP contribution in [0.15, 0.2) is 0 Å². The van der Waals surface area contributed by atoms with Gasteiger partial charge in [0, 0.05) is 26.1 Å². The van der Waals surface area contributed by atoms with E-state index in [1.165, 1.54) is 83.5 Å². The van der Waals surface area contributed by atoms with Crippen molar-refractivity contribution < 1.29 is 24.2 Å². The molecule has 0 heterocycles. The first-order valence-corrected chi connectivity index (χ1v) is 21.0. The van der Waals surface area contributed by atoms with E-state index in [1.54, 1.807) is 0 Å².